The van der Waals surface area contributed by atoms with Gasteiger partial charge in [-0.15, -0.1) is 0 Å². The van der Waals surface area contributed by atoms with Gasteiger partial charge in [0.1, 0.15) is 0 Å². The highest BCUT2D eigenvalue weighted by atomic mass is 14.2. The Morgan fingerprint density at radius 3 is 1.75 bits per heavy atom. The predicted octanol–water partition coefficient (Wildman–Crippen LogP) is 7.94. The maximum Gasteiger partial charge on any atom is -0.00266 e. The van der Waals surface area contributed by atoms with Crippen molar-refractivity contribution in [3.8, 4) is 22.3 Å². The summed E-state index contributed by atoms with van der Waals surface area (Å²) in [5.74, 6) is 0. The van der Waals surface area contributed by atoms with E-state index >= 15 is 0 Å². The summed E-state index contributed by atoms with van der Waals surface area (Å²) < 4.78 is 0. The van der Waals surface area contributed by atoms with Gasteiger partial charge in [0.05, 0.1) is 0 Å². The Kier molecular flexibility index (Phi) is 3.98. The first-order chi connectivity index (χ1) is 13.7. The molecule has 0 saturated carbocycles. The first-order valence-corrected chi connectivity index (χ1v) is 9.79. The quantitative estimate of drug-likeness (QED) is 0.281. The van der Waals surface area contributed by atoms with E-state index in [0.717, 1.165) is 0 Å². The zero-order valence-electron chi connectivity index (χ0n) is 16.2. The van der Waals surface area contributed by atoms with E-state index in [-0.39, 0.29) is 0 Å². The van der Waals surface area contributed by atoms with Gasteiger partial charge in [0.2, 0.25) is 0 Å². The van der Waals surface area contributed by atoms with Crippen LogP contribution in [0, 0.1) is 13.8 Å². The Bertz CT molecular complexity index is 1290. The monoisotopic (exact) mass is 358 g/mol. The molecule has 0 unspecified atom stereocenters. The molecule has 5 aromatic rings. The molecule has 0 nitrogen and oxygen atoms in total. The van der Waals surface area contributed by atoms with Gasteiger partial charge in [0.15, 0.2) is 0 Å². The van der Waals surface area contributed by atoms with E-state index in [9.17, 15) is 0 Å². The summed E-state index contributed by atoms with van der Waals surface area (Å²) in [5.41, 5.74) is 7.69. The molecule has 0 radical (unpaired) electrons. The molecule has 0 spiro atoms. The molecule has 0 aliphatic heterocycles. The summed E-state index contributed by atoms with van der Waals surface area (Å²) in [5, 5.41) is 5.21. The molecule has 0 amide bonds. The fraction of sp³-hybridized carbons (Fsp3) is 0.0714. The van der Waals surface area contributed by atoms with E-state index in [1.54, 1.807) is 0 Å². The van der Waals surface area contributed by atoms with Crippen molar-refractivity contribution in [2.24, 2.45) is 0 Å². The summed E-state index contributed by atoms with van der Waals surface area (Å²) in [6.07, 6.45) is 0. The minimum absolute atomic E-state index is 1.26. The number of hydrogen-bond acceptors (Lipinski definition) is 0. The Morgan fingerprint density at radius 1 is 0.429 bits per heavy atom. The number of aryl methyl sites for hydroxylation is 2. The third kappa shape index (κ3) is 2.78. The zero-order valence-corrected chi connectivity index (χ0v) is 16.2. The standard InChI is InChI=1S/C28H22/c1-19-7-11-22(12-8-19)25-17-18-26-24-6-4-3-5-21(24)15-16-27(26)28(25)23-13-9-20(2)10-14-23/h3-18H,1-2H3. The van der Waals surface area contributed by atoms with Crippen LogP contribution in [0.25, 0.3) is 43.8 Å². The lowest BCUT2D eigenvalue weighted by atomic mass is 9.88. The van der Waals surface area contributed by atoms with Crippen LogP contribution in [0.3, 0.4) is 0 Å². The van der Waals surface area contributed by atoms with Gasteiger partial charge in [0.25, 0.3) is 0 Å². The van der Waals surface area contributed by atoms with Gasteiger partial charge < -0.3 is 0 Å². The molecule has 0 atom stereocenters. The average molecular weight is 358 g/mol. The van der Waals surface area contributed by atoms with Crippen LogP contribution in [0.2, 0.25) is 0 Å². The highest BCUT2D eigenvalue weighted by molar-refractivity contribution is 6.14. The van der Waals surface area contributed by atoms with Crippen LogP contribution >= 0.6 is 0 Å². The van der Waals surface area contributed by atoms with Crippen molar-refractivity contribution in [1.82, 2.24) is 0 Å². The van der Waals surface area contributed by atoms with Crippen LogP contribution < -0.4 is 0 Å². The van der Waals surface area contributed by atoms with Crippen molar-refractivity contribution in [3.63, 3.8) is 0 Å². The predicted molar refractivity (Wildman–Crippen MR) is 122 cm³/mol. The average Bonchev–Trinajstić information content (AvgIpc) is 2.74. The highest BCUT2D eigenvalue weighted by Gasteiger charge is 2.13. The van der Waals surface area contributed by atoms with Gasteiger partial charge in [-0.25, -0.2) is 0 Å². The lowest BCUT2D eigenvalue weighted by molar-refractivity contribution is 1.46. The summed E-state index contributed by atoms with van der Waals surface area (Å²) in [4.78, 5) is 0. The van der Waals surface area contributed by atoms with E-state index in [1.807, 2.05) is 0 Å². The molecule has 0 aliphatic rings. The molecular formula is C28H22. The largest absolute Gasteiger partial charge is 0.0616 e. The van der Waals surface area contributed by atoms with Crippen LogP contribution in [-0.2, 0) is 0 Å². The molecule has 0 saturated heterocycles. The molecule has 5 aromatic carbocycles. The van der Waals surface area contributed by atoms with E-state index in [4.69, 9.17) is 0 Å². The second kappa shape index (κ2) is 6.65. The molecule has 0 heteroatoms. The van der Waals surface area contributed by atoms with Crippen molar-refractivity contribution in [3.05, 3.63) is 108 Å². The number of hydrogen-bond donors (Lipinski definition) is 0. The van der Waals surface area contributed by atoms with Gasteiger partial charge in [-0.2, -0.15) is 0 Å². The second-order valence-electron chi connectivity index (χ2n) is 7.60. The van der Waals surface area contributed by atoms with Crippen LogP contribution in [0.4, 0.5) is 0 Å². The summed E-state index contributed by atoms with van der Waals surface area (Å²) >= 11 is 0. The van der Waals surface area contributed by atoms with Crippen LogP contribution in [0.5, 0.6) is 0 Å². The van der Waals surface area contributed by atoms with Gasteiger partial charge in [-0.1, -0.05) is 108 Å². The molecule has 134 valence electrons. The van der Waals surface area contributed by atoms with E-state index in [2.05, 4.69) is 111 Å². The van der Waals surface area contributed by atoms with Crippen LogP contribution in [0.15, 0.2) is 97.1 Å². The normalized spacial score (nSPS) is 11.2. The summed E-state index contributed by atoms with van der Waals surface area (Å²) in [6, 6.07) is 35.5. The van der Waals surface area contributed by atoms with Crippen molar-refractivity contribution in [2.75, 3.05) is 0 Å². The number of fused-ring (bicyclic) bond motifs is 3. The maximum atomic E-state index is 2.29. The lowest BCUT2D eigenvalue weighted by Crippen LogP contribution is -1.89. The second-order valence-corrected chi connectivity index (χ2v) is 7.60. The van der Waals surface area contributed by atoms with Crippen molar-refractivity contribution in [2.45, 2.75) is 13.8 Å². The molecule has 5 rings (SSSR count). The molecule has 0 fully saturated rings. The maximum absolute atomic E-state index is 2.29. The molecule has 0 N–H and O–H groups in total. The van der Waals surface area contributed by atoms with E-state index < -0.39 is 0 Å². The Hall–Kier alpha value is -3.38. The van der Waals surface area contributed by atoms with Crippen molar-refractivity contribution >= 4 is 21.5 Å². The Morgan fingerprint density at radius 2 is 1.04 bits per heavy atom. The SMILES string of the molecule is Cc1ccc(-c2ccc3c(ccc4ccccc43)c2-c2ccc(C)cc2)cc1. The van der Waals surface area contributed by atoms with E-state index in [1.165, 1.54) is 54.9 Å². The smallest absolute Gasteiger partial charge is 0.00266 e. The third-order valence-corrected chi connectivity index (χ3v) is 5.63. The minimum Gasteiger partial charge on any atom is -0.0616 e. The first kappa shape index (κ1) is 16.8. The fourth-order valence-electron chi connectivity index (χ4n) is 4.09. The van der Waals surface area contributed by atoms with Crippen molar-refractivity contribution in [1.29, 1.82) is 0 Å². The topological polar surface area (TPSA) is 0 Å². The van der Waals surface area contributed by atoms with E-state index in [0.29, 0.717) is 0 Å². The molecule has 0 heterocycles. The van der Waals surface area contributed by atoms with Gasteiger partial charge in [-0.3, -0.25) is 0 Å². The fourth-order valence-corrected chi connectivity index (χ4v) is 4.09. The molecule has 0 aromatic heterocycles. The number of benzene rings is 5. The minimum atomic E-state index is 1.26. The number of rotatable bonds is 2. The summed E-state index contributed by atoms with van der Waals surface area (Å²) in [7, 11) is 0. The highest BCUT2D eigenvalue weighted by Crippen LogP contribution is 2.40. The molecule has 28 heavy (non-hydrogen) atoms. The zero-order chi connectivity index (χ0) is 19.1. The van der Waals surface area contributed by atoms with Crippen LogP contribution in [-0.4, -0.2) is 0 Å². The Labute approximate surface area is 166 Å². The first-order valence-electron chi connectivity index (χ1n) is 9.79. The summed E-state index contributed by atoms with van der Waals surface area (Å²) in [6.45, 7) is 4.28. The van der Waals surface area contributed by atoms with Crippen LogP contribution in [0.1, 0.15) is 11.1 Å². The lowest BCUT2D eigenvalue weighted by Gasteiger charge is -2.16. The van der Waals surface area contributed by atoms with Gasteiger partial charge in [0, 0.05) is 0 Å². The van der Waals surface area contributed by atoms with Gasteiger partial charge >= 0.3 is 0 Å². The van der Waals surface area contributed by atoms with Gasteiger partial charge in [-0.05, 0) is 57.6 Å². The Balaban J connectivity index is 1.89. The third-order valence-electron chi connectivity index (χ3n) is 5.63. The molecule has 0 bridgehead atoms. The molecular weight excluding hydrogens is 336 g/mol. The molecule has 0 aliphatic carbocycles. The van der Waals surface area contributed by atoms with Crippen molar-refractivity contribution < 1.29 is 0 Å².